The Bertz CT molecular complexity index is 816. The van der Waals surface area contributed by atoms with Crippen molar-refractivity contribution in [1.82, 2.24) is 20.9 Å². The van der Waals surface area contributed by atoms with Gasteiger partial charge in [0.2, 0.25) is 0 Å². The summed E-state index contributed by atoms with van der Waals surface area (Å²) in [6, 6.07) is 0.775. The number of pyridine rings is 1. The van der Waals surface area contributed by atoms with Gasteiger partial charge < -0.3 is 10.6 Å². The SMILES string of the molecule is O=C1NC(=O)C(C2CC(NC(=O)c3cc(C4CC4)nc(C(F)(F)F)c3)C2)N1. The van der Waals surface area contributed by atoms with E-state index in [0.29, 0.717) is 18.5 Å². The number of urea groups is 1. The van der Waals surface area contributed by atoms with E-state index in [9.17, 15) is 27.6 Å². The zero-order chi connectivity index (χ0) is 19.3. The average molecular weight is 382 g/mol. The summed E-state index contributed by atoms with van der Waals surface area (Å²) in [6.07, 6.45) is -2.13. The molecule has 3 fully saturated rings. The van der Waals surface area contributed by atoms with Gasteiger partial charge in [-0.05, 0) is 43.7 Å². The van der Waals surface area contributed by atoms with Gasteiger partial charge in [-0.25, -0.2) is 9.78 Å². The molecule has 7 nitrogen and oxygen atoms in total. The van der Waals surface area contributed by atoms with Crippen LogP contribution in [0.25, 0.3) is 0 Å². The molecule has 10 heteroatoms. The molecule has 4 amide bonds. The zero-order valence-electron chi connectivity index (χ0n) is 14.1. The van der Waals surface area contributed by atoms with E-state index in [4.69, 9.17) is 0 Å². The number of hydrogen-bond donors (Lipinski definition) is 3. The smallest absolute Gasteiger partial charge is 0.349 e. The lowest BCUT2D eigenvalue weighted by atomic mass is 9.75. The third-order valence-electron chi connectivity index (χ3n) is 5.18. The van der Waals surface area contributed by atoms with Gasteiger partial charge in [0.15, 0.2) is 0 Å². The maximum absolute atomic E-state index is 13.1. The Labute approximate surface area is 152 Å². The number of carbonyl (C=O) groups is 3. The van der Waals surface area contributed by atoms with Gasteiger partial charge in [-0.2, -0.15) is 13.2 Å². The minimum absolute atomic E-state index is 0.0172. The Kier molecular flexibility index (Phi) is 4.08. The van der Waals surface area contributed by atoms with Gasteiger partial charge in [0.05, 0.1) is 0 Å². The van der Waals surface area contributed by atoms with Gasteiger partial charge in [0.1, 0.15) is 11.7 Å². The van der Waals surface area contributed by atoms with E-state index in [1.807, 2.05) is 0 Å². The summed E-state index contributed by atoms with van der Waals surface area (Å²) in [6.45, 7) is 0. The number of aromatic nitrogens is 1. The third kappa shape index (κ3) is 3.60. The summed E-state index contributed by atoms with van der Waals surface area (Å²) in [4.78, 5) is 38.8. The van der Waals surface area contributed by atoms with Crippen LogP contribution >= 0.6 is 0 Å². The first-order valence-corrected chi connectivity index (χ1v) is 8.72. The highest BCUT2D eigenvalue weighted by atomic mass is 19.4. The van der Waals surface area contributed by atoms with Crippen molar-refractivity contribution in [3.8, 4) is 0 Å². The molecule has 1 aromatic heterocycles. The molecule has 2 saturated carbocycles. The number of halogens is 3. The molecular formula is C17H17F3N4O3. The second-order valence-electron chi connectivity index (χ2n) is 7.28. The number of imide groups is 1. The van der Waals surface area contributed by atoms with Gasteiger partial charge in [0, 0.05) is 23.2 Å². The van der Waals surface area contributed by atoms with Crippen molar-refractivity contribution in [2.24, 2.45) is 5.92 Å². The molecule has 1 aliphatic heterocycles. The molecule has 144 valence electrons. The van der Waals surface area contributed by atoms with Crippen molar-refractivity contribution in [2.75, 3.05) is 0 Å². The van der Waals surface area contributed by atoms with E-state index in [1.165, 1.54) is 6.07 Å². The second kappa shape index (κ2) is 6.21. The van der Waals surface area contributed by atoms with Crippen LogP contribution in [0.5, 0.6) is 0 Å². The number of carbonyl (C=O) groups excluding carboxylic acids is 3. The van der Waals surface area contributed by atoms with Crippen LogP contribution in [0, 0.1) is 5.92 Å². The van der Waals surface area contributed by atoms with E-state index in [1.54, 1.807) is 0 Å². The summed E-state index contributed by atoms with van der Waals surface area (Å²) in [5.74, 6) is -1.11. The number of hydrogen-bond acceptors (Lipinski definition) is 4. The Morgan fingerprint density at radius 2 is 1.89 bits per heavy atom. The normalized spacial score (nSPS) is 27.6. The minimum atomic E-state index is -4.62. The summed E-state index contributed by atoms with van der Waals surface area (Å²) >= 11 is 0. The molecule has 0 spiro atoms. The van der Waals surface area contributed by atoms with Crippen LogP contribution in [-0.4, -0.2) is 34.9 Å². The van der Waals surface area contributed by atoms with E-state index in [-0.39, 0.29) is 23.4 Å². The lowest BCUT2D eigenvalue weighted by molar-refractivity contribution is -0.141. The van der Waals surface area contributed by atoms with Crippen molar-refractivity contribution in [2.45, 2.75) is 49.9 Å². The standard InChI is InChI=1S/C17H17F3N4O3/c18-17(19,20)12-6-9(5-11(22-12)7-1-2-7)14(25)21-10-3-8(4-10)13-15(26)24-16(27)23-13/h5-8,10,13H,1-4H2,(H,21,25)(H2,23,24,26,27). The zero-order valence-corrected chi connectivity index (χ0v) is 14.1. The number of alkyl halides is 3. The minimum Gasteiger partial charge on any atom is -0.349 e. The Morgan fingerprint density at radius 1 is 1.19 bits per heavy atom. The van der Waals surface area contributed by atoms with E-state index < -0.39 is 35.8 Å². The molecule has 0 aromatic carbocycles. The van der Waals surface area contributed by atoms with Gasteiger partial charge in [-0.1, -0.05) is 0 Å². The van der Waals surface area contributed by atoms with Gasteiger partial charge in [0.25, 0.3) is 11.8 Å². The molecule has 1 aromatic rings. The van der Waals surface area contributed by atoms with E-state index in [2.05, 4.69) is 20.9 Å². The van der Waals surface area contributed by atoms with Crippen LogP contribution in [0.15, 0.2) is 12.1 Å². The van der Waals surface area contributed by atoms with Crippen molar-refractivity contribution >= 4 is 17.8 Å². The van der Waals surface area contributed by atoms with Crippen LogP contribution in [0.3, 0.4) is 0 Å². The van der Waals surface area contributed by atoms with Crippen LogP contribution in [-0.2, 0) is 11.0 Å². The molecule has 27 heavy (non-hydrogen) atoms. The van der Waals surface area contributed by atoms with E-state index >= 15 is 0 Å². The maximum atomic E-state index is 13.1. The number of nitrogens with one attached hydrogen (secondary N) is 3. The van der Waals surface area contributed by atoms with Crippen molar-refractivity contribution in [3.63, 3.8) is 0 Å². The van der Waals surface area contributed by atoms with Crippen LogP contribution in [0.2, 0.25) is 0 Å². The first-order chi connectivity index (χ1) is 12.7. The molecule has 0 bridgehead atoms. The fourth-order valence-electron chi connectivity index (χ4n) is 3.50. The fraction of sp³-hybridized carbons (Fsp3) is 0.529. The van der Waals surface area contributed by atoms with Crippen molar-refractivity contribution in [3.05, 3.63) is 29.1 Å². The molecular weight excluding hydrogens is 365 g/mol. The molecule has 2 heterocycles. The Hall–Kier alpha value is -2.65. The van der Waals surface area contributed by atoms with Gasteiger partial charge in [-0.3, -0.25) is 14.9 Å². The lowest BCUT2D eigenvalue weighted by Crippen LogP contribution is -2.52. The molecule has 2 aliphatic carbocycles. The average Bonchev–Trinajstić information content (AvgIpc) is 3.34. The molecule has 0 radical (unpaired) electrons. The van der Waals surface area contributed by atoms with Crippen molar-refractivity contribution in [1.29, 1.82) is 0 Å². The largest absolute Gasteiger partial charge is 0.433 e. The highest BCUT2D eigenvalue weighted by molar-refractivity contribution is 6.04. The Balaban J connectivity index is 1.41. The first kappa shape index (κ1) is 17.7. The number of rotatable bonds is 4. The molecule has 1 atom stereocenters. The summed E-state index contributed by atoms with van der Waals surface area (Å²) < 4.78 is 39.2. The summed E-state index contributed by atoms with van der Waals surface area (Å²) in [5, 5.41) is 7.37. The predicted molar refractivity (Wildman–Crippen MR) is 85.7 cm³/mol. The highest BCUT2D eigenvalue weighted by Crippen LogP contribution is 2.41. The van der Waals surface area contributed by atoms with Crippen LogP contribution < -0.4 is 16.0 Å². The maximum Gasteiger partial charge on any atom is 0.433 e. The van der Waals surface area contributed by atoms with Crippen LogP contribution in [0.1, 0.15) is 53.3 Å². The third-order valence-corrected chi connectivity index (χ3v) is 5.18. The lowest BCUT2D eigenvalue weighted by Gasteiger charge is -2.38. The molecule has 4 rings (SSSR count). The molecule has 1 saturated heterocycles. The highest BCUT2D eigenvalue weighted by Gasteiger charge is 2.43. The van der Waals surface area contributed by atoms with Gasteiger partial charge >= 0.3 is 12.2 Å². The number of amides is 4. The predicted octanol–water partition coefficient (Wildman–Crippen LogP) is 1.69. The van der Waals surface area contributed by atoms with Crippen molar-refractivity contribution < 1.29 is 27.6 Å². The summed E-state index contributed by atoms with van der Waals surface area (Å²) in [5.41, 5.74) is -0.824. The Morgan fingerprint density at radius 3 is 2.44 bits per heavy atom. The molecule has 1 unspecified atom stereocenters. The topological polar surface area (TPSA) is 100 Å². The fourth-order valence-corrected chi connectivity index (χ4v) is 3.50. The van der Waals surface area contributed by atoms with Crippen LogP contribution in [0.4, 0.5) is 18.0 Å². The number of nitrogens with zero attached hydrogens (tertiary/aromatic N) is 1. The van der Waals surface area contributed by atoms with Gasteiger partial charge in [-0.15, -0.1) is 0 Å². The first-order valence-electron chi connectivity index (χ1n) is 8.72. The summed E-state index contributed by atoms with van der Waals surface area (Å²) in [7, 11) is 0. The monoisotopic (exact) mass is 382 g/mol. The van der Waals surface area contributed by atoms with E-state index in [0.717, 1.165) is 18.9 Å². The molecule has 3 aliphatic rings. The quantitative estimate of drug-likeness (QED) is 0.690. The second-order valence-corrected chi connectivity index (χ2v) is 7.28. The molecule has 3 N–H and O–H groups in total.